The van der Waals surface area contributed by atoms with Crippen molar-refractivity contribution in [2.24, 2.45) is 5.73 Å². The van der Waals surface area contributed by atoms with Crippen LogP contribution in [0, 0.1) is 0 Å². The normalized spacial score (nSPS) is 21.2. The van der Waals surface area contributed by atoms with Crippen molar-refractivity contribution in [1.29, 1.82) is 0 Å². The molecule has 2 aliphatic carbocycles. The van der Waals surface area contributed by atoms with Crippen LogP contribution in [0.2, 0.25) is 0 Å². The Morgan fingerprint density at radius 3 is 2.32 bits per heavy atom. The van der Waals surface area contributed by atoms with Gasteiger partial charge in [-0.25, -0.2) is 0 Å². The second-order valence-electron chi connectivity index (χ2n) is 9.38. The fourth-order valence-corrected chi connectivity index (χ4v) is 4.44. The quantitative estimate of drug-likeness (QED) is 0.277. The summed E-state index contributed by atoms with van der Waals surface area (Å²) < 4.78 is 5.40. The summed E-state index contributed by atoms with van der Waals surface area (Å²) in [6.07, 6.45) is 2.98. The average Bonchev–Trinajstić information content (AvgIpc) is 3.10. The number of phenolic OH excluding ortho intramolecular Hbond substituents is 4. The molecule has 0 saturated heterocycles. The number of aliphatic hydroxyl groups excluding tert-OH is 1. The van der Waals surface area contributed by atoms with Gasteiger partial charge in [-0.3, -0.25) is 9.59 Å². The highest BCUT2D eigenvalue weighted by Crippen LogP contribution is 2.50. The third-order valence-electron chi connectivity index (χ3n) is 6.34. The van der Waals surface area contributed by atoms with E-state index < -0.39 is 28.7 Å². The summed E-state index contributed by atoms with van der Waals surface area (Å²) in [7, 11) is 0. The van der Waals surface area contributed by atoms with Crippen molar-refractivity contribution in [2.45, 2.75) is 30.9 Å². The molecule has 1 heterocycles. The third kappa shape index (κ3) is 4.57. The first-order chi connectivity index (χ1) is 17.2. The number of ketones is 1. The topological polar surface area (TPSA) is 211 Å². The molecule has 3 aliphatic rings. The molecule has 1 aliphatic heterocycles. The molecule has 37 heavy (non-hydrogen) atoms. The van der Waals surface area contributed by atoms with E-state index in [2.05, 4.69) is 0 Å². The Morgan fingerprint density at radius 1 is 1.03 bits per heavy atom. The first-order valence-corrected chi connectivity index (χ1v) is 11.1. The van der Waals surface area contributed by atoms with Gasteiger partial charge in [0.05, 0.1) is 0 Å². The predicted molar refractivity (Wildman–Crippen MR) is 129 cm³/mol. The lowest BCUT2D eigenvalue weighted by Crippen LogP contribution is -2.46. The highest BCUT2D eigenvalue weighted by Gasteiger charge is 2.47. The van der Waals surface area contributed by atoms with Gasteiger partial charge in [-0.15, -0.1) is 0 Å². The Hall–Kier alpha value is -4.48. The number of aromatic hydroxyl groups is 4. The molecule has 0 amide bonds. The maximum Gasteiger partial charge on any atom is 0.323 e. The fraction of sp³-hybridized carbons (Fsp3) is 0.231. The maximum absolute atomic E-state index is 11.5. The van der Waals surface area contributed by atoms with Crippen LogP contribution >= 0.6 is 0 Å². The standard InChI is InChI=1S/C16H12O6.C10H13NO4/c17-10-2-1-8-13-9-4-12(19)11(18)3-7(9)5-16(13,21)6-22-15(8)14(10)20;1-10(11,9(14)15)5-6-2-3-7(12)8(13)4-6/h1-4,18-21H,5-6H2;2-4,12-13H,5,11H2,1H3,(H,14,15). The van der Waals surface area contributed by atoms with Crippen molar-refractivity contribution < 1.29 is 50.1 Å². The second-order valence-corrected chi connectivity index (χ2v) is 9.38. The summed E-state index contributed by atoms with van der Waals surface area (Å²) >= 11 is 0. The van der Waals surface area contributed by atoms with Gasteiger partial charge in [0.2, 0.25) is 11.5 Å². The van der Waals surface area contributed by atoms with Crippen LogP contribution in [-0.4, -0.2) is 65.2 Å². The summed E-state index contributed by atoms with van der Waals surface area (Å²) in [5.74, 6) is -3.22. The van der Waals surface area contributed by atoms with E-state index in [1.165, 1.54) is 49.4 Å². The van der Waals surface area contributed by atoms with E-state index in [0.717, 1.165) is 0 Å². The van der Waals surface area contributed by atoms with Gasteiger partial charge >= 0.3 is 5.97 Å². The van der Waals surface area contributed by atoms with Crippen molar-refractivity contribution in [1.82, 2.24) is 0 Å². The lowest BCUT2D eigenvalue weighted by molar-refractivity contribution is -0.142. The van der Waals surface area contributed by atoms with Crippen LogP contribution in [0.3, 0.4) is 0 Å². The molecule has 5 rings (SSSR count). The Labute approximate surface area is 210 Å². The molecular weight excluding hydrogens is 486 g/mol. The monoisotopic (exact) mass is 511 g/mol. The minimum atomic E-state index is -1.39. The third-order valence-corrected chi connectivity index (χ3v) is 6.34. The van der Waals surface area contributed by atoms with E-state index in [-0.39, 0.29) is 48.2 Å². The van der Waals surface area contributed by atoms with Gasteiger partial charge in [-0.1, -0.05) is 6.07 Å². The number of hydrogen-bond donors (Lipinski definition) is 8. The van der Waals surface area contributed by atoms with E-state index in [4.69, 9.17) is 20.7 Å². The Morgan fingerprint density at radius 2 is 1.68 bits per heavy atom. The van der Waals surface area contributed by atoms with Crippen LogP contribution in [0.25, 0.3) is 5.57 Å². The predicted octanol–water partition coefficient (Wildman–Crippen LogP) is 1.52. The van der Waals surface area contributed by atoms with E-state index in [1.54, 1.807) is 0 Å². The Bertz CT molecular complexity index is 1420. The number of allylic oxidation sites excluding steroid dienone is 2. The number of rotatable bonds is 3. The number of aliphatic hydroxyl groups is 2. The molecule has 2 aromatic rings. The van der Waals surface area contributed by atoms with Crippen LogP contribution in [0.1, 0.15) is 23.6 Å². The van der Waals surface area contributed by atoms with Gasteiger partial charge in [0.25, 0.3) is 0 Å². The average molecular weight is 511 g/mol. The van der Waals surface area contributed by atoms with E-state index in [1.807, 2.05) is 0 Å². The van der Waals surface area contributed by atoms with E-state index in [9.17, 15) is 35.1 Å². The zero-order valence-electron chi connectivity index (χ0n) is 19.6. The molecule has 9 N–H and O–H groups in total. The number of hydrogen-bond acceptors (Lipinski definition) is 10. The molecule has 194 valence electrons. The maximum atomic E-state index is 11.5. The van der Waals surface area contributed by atoms with Gasteiger partial charge in [-0.05, 0) is 60.0 Å². The number of ether oxygens (including phenoxy) is 1. The Kier molecular flexibility index (Phi) is 6.14. The first kappa shape index (κ1) is 25.6. The number of carbonyl (C=O) groups is 2. The number of phenols is 4. The molecule has 2 aromatic carbocycles. The van der Waals surface area contributed by atoms with E-state index >= 15 is 0 Å². The molecule has 0 saturated carbocycles. The summed E-state index contributed by atoms with van der Waals surface area (Å²) in [6, 6.07) is 6.87. The number of carboxylic acids is 1. The van der Waals surface area contributed by atoms with Gasteiger partial charge < -0.3 is 46.2 Å². The second kappa shape index (κ2) is 8.87. The largest absolute Gasteiger partial charge is 0.504 e. The van der Waals surface area contributed by atoms with Gasteiger partial charge in [0, 0.05) is 24.0 Å². The molecule has 2 atom stereocenters. The molecule has 0 bridgehead atoms. The number of fused-ring (bicyclic) bond motifs is 4. The zero-order chi connectivity index (χ0) is 27.3. The van der Waals surface area contributed by atoms with Crippen molar-refractivity contribution in [3.05, 3.63) is 76.3 Å². The molecule has 11 heteroatoms. The minimum absolute atomic E-state index is 0.0348. The van der Waals surface area contributed by atoms with Crippen LogP contribution in [-0.2, 0) is 27.2 Å². The summed E-state index contributed by atoms with van der Waals surface area (Å²) in [5, 5.41) is 67.1. The van der Waals surface area contributed by atoms with Gasteiger partial charge in [0.15, 0.2) is 28.8 Å². The highest BCUT2D eigenvalue weighted by atomic mass is 16.5. The molecule has 0 fully saturated rings. The van der Waals surface area contributed by atoms with Crippen LogP contribution in [0.4, 0.5) is 0 Å². The molecule has 0 spiro atoms. The fourth-order valence-electron chi connectivity index (χ4n) is 4.44. The Balaban J connectivity index is 0.000000188. The smallest absolute Gasteiger partial charge is 0.323 e. The van der Waals surface area contributed by atoms with Crippen molar-refractivity contribution in [2.75, 3.05) is 6.61 Å². The number of aliphatic carboxylic acids is 1. The molecule has 11 nitrogen and oxygen atoms in total. The van der Waals surface area contributed by atoms with Crippen LogP contribution in [0.15, 0.2) is 59.6 Å². The molecule has 0 radical (unpaired) electrons. The number of carbonyl (C=O) groups excluding carboxylic acids is 1. The molecule has 2 unspecified atom stereocenters. The lowest BCUT2D eigenvalue weighted by atomic mass is 9.85. The van der Waals surface area contributed by atoms with Crippen LogP contribution in [0.5, 0.6) is 23.0 Å². The zero-order valence-corrected chi connectivity index (χ0v) is 19.6. The van der Waals surface area contributed by atoms with Crippen LogP contribution < -0.4 is 5.73 Å². The number of nitrogens with two attached hydrogens (primary N) is 1. The molecular formula is C26H25NO10. The summed E-state index contributed by atoms with van der Waals surface area (Å²) in [5.41, 5.74) is 5.50. The molecule has 0 aromatic heterocycles. The van der Waals surface area contributed by atoms with Gasteiger partial charge in [-0.2, -0.15) is 0 Å². The summed E-state index contributed by atoms with van der Waals surface area (Å²) in [4.78, 5) is 22.3. The summed E-state index contributed by atoms with van der Waals surface area (Å²) in [6.45, 7) is 1.27. The first-order valence-electron chi connectivity index (χ1n) is 11.1. The van der Waals surface area contributed by atoms with Crippen molar-refractivity contribution >= 4 is 17.3 Å². The SMILES string of the molecule is CC(N)(Cc1ccc(O)c(O)c1)C(=O)O.O=C1C=CC2=C3c4cc(O)c(O)cc4CC3(O)COC2=C1O. The van der Waals surface area contributed by atoms with Crippen molar-refractivity contribution in [3.63, 3.8) is 0 Å². The lowest BCUT2D eigenvalue weighted by Gasteiger charge is -2.33. The highest BCUT2D eigenvalue weighted by molar-refractivity contribution is 6.06. The minimum Gasteiger partial charge on any atom is -0.504 e. The van der Waals surface area contributed by atoms with Crippen molar-refractivity contribution in [3.8, 4) is 23.0 Å². The number of benzene rings is 2. The van der Waals surface area contributed by atoms with E-state index in [0.29, 0.717) is 27.8 Å². The number of carboxylic acid groups (broad SMARTS) is 1. The van der Waals surface area contributed by atoms with Gasteiger partial charge in [0.1, 0.15) is 17.7 Å².